The van der Waals surface area contributed by atoms with Crippen LogP contribution in [0.1, 0.15) is 19.4 Å². The van der Waals surface area contributed by atoms with Crippen LogP contribution in [0.25, 0.3) is 11.3 Å². The van der Waals surface area contributed by atoms with Crippen LogP contribution in [0.5, 0.6) is 0 Å². The second kappa shape index (κ2) is 4.90. The number of H-pyrrole nitrogens is 1. The van der Waals surface area contributed by atoms with Crippen LogP contribution in [-0.4, -0.2) is 21.2 Å². The number of nitrogens with zero attached hydrogens (tertiary/aromatic N) is 2. The van der Waals surface area contributed by atoms with E-state index in [1.807, 2.05) is 18.3 Å². The van der Waals surface area contributed by atoms with Gasteiger partial charge in [-0.05, 0) is 12.1 Å². The molecular formula is C12H16N4. The van der Waals surface area contributed by atoms with Crippen LogP contribution in [0.4, 0.5) is 0 Å². The lowest BCUT2D eigenvalue weighted by Crippen LogP contribution is -2.21. The van der Waals surface area contributed by atoms with Crippen molar-refractivity contribution in [2.24, 2.45) is 0 Å². The van der Waals surface area contributed by atoms with Crippen molar-refractivity contribution in [1.82, 2.24) is 20.5 Å². The van der Waals surface area contributed by atoms with E-state index in [0.717, 1.165) is 17.8 Å². The van der Waals surface area contributed by atoms with E-state index in [4.69, 9.17) is 0 Å². The molecule has 0 bridgehead atoms. The second-order valence-electron chi connectivity index (χ2n) is 4.04. The summed E-state index contributed by atoms with van der Waals surface area (Å²) in [4.78, 5) is 4.01. The Morgan fingerprint density at radius 3 is 2.75 bits per heavy atom. The molecule has 84 valence electrons. The molecule has 2 rings (SSSR count). The molecule has 0 amide bonds. The minimum absolute atomic E-state index is 0.472. The fraction of sp³-hybridized carbons (Fsp3) is 0.333. The molecule has 2 heterocycles. The van der Waals surface area contributed by atoms with E-state index in [2.05, 4.69) is 34.3 Å². The molecule has 0 aliphatic rings. The highest BCUT2D eigenvalue weighted by Gasteiger charge is 2.07. The van der Waals surface area contributed by atoms with Crippen molar-refractivity contribution >= 4 is 0 Å². The van der Waals surface area contributed by atoms with Gasteiger partial charge in [0.25, 0.3) is 0 Å². The van der Waals surface area contributed by atoms with Gasteiger partial charge in [-0.3, -0.25) is 10.1 Å². The zero-order valence-electron chi connectivity index (χ0n) is 9.57. The van der Waals surface area contributed by atoms with Crippen molar-refractivity contribution < 1.29 is 0 Å². The highest BCUT2D eigenvalue weighted by molar-refractivity contribution is 5.61. The Kier molecular flexibility index (Phi) is 3.31. The van der Waals surface area contributed by atoms with Gasteiger partial charge >= 0.3 is 0 Å². The summed E-state index contributed by atoms with van der Waals surface area (Å²) in [6.45, 7) is 5.09. The molecule has 2 N–H and O–H groups in total. The van der Waals surface area contributed by atoms with Crippen LogP contribution in [0.3, 0.4) is 0 Å². The molecule has 0 aliphatic carbocycles. The summed E-state index contributed by atoms with van der Waals surface area (Å²) in [5.74, 6) is 0. The Labute approximate surface area is 95.1 Å². The van der Waals surface area contributed by atoms with Gasteiger partial charge in [0.1, 0.15) is 0 Å². The average Bonchev–Trinajstić information content (AvgIpc) is 2.75. The highest BCUT2D eigenvalue weighted by Crippen LogP contribution is 2.19. The molecule has 2 aromatic heterocycles. The summed E-state index contributed by atoms with van der Waals surface area (Å²) >= 11 is 0. The lowest BCUT2D eigenvalue weighted by Gasteiger charge is -2.08. The summed E-state index contributed by atoms with van der Waals surface area (Å²) in [5.41, 5.74) is 3.36. The maximum absolute atomic E-state index is 4.09. The molecule has 0 aromatic carbocycles. The summed E-state index contributed by atoms with van der Waals surface area (Å²) in [6, 6.07) is 4.43. The van der Waals surface area contributed by atoms with Crippen molar-refractivity contribution in [1.29, 1.82) is 0 Å². The number of pyridine rings is 1. The Morgan fingerprint density at radius 1 is 1.31 bits per heavy atom. The quantitative estimate of drug-likeness (QED) is 0.821. The van der Waals surface area contributed by atoms with Gasteiger partial charge in [0.05, 0.1) is 11.9 Å². The number of rotatable bonds is 4. The first kappa shape index (κ1) is 10.8. The summed E-state index contributed by atoms with van der Waals surface area (Å²) in [7, 11) is 0. The van der Waals surface area contributed by atoms with Crippen LogP contribution < -0.4 is 5.32 Å². The normalized spacial score (nSPS) is 10.9. The van der Waals surface area contributed by atoms with Crippen molar-refractivity contribution in [2.75, 3.05) is 0 Å². The van der Waals surface area contributed by atoms with Gasteiger partial charge < -0.3 is 5.32 Å². The summed E-state index contributed by atoms with van der Waals surface area (Å²) in [6.07, 6.45) is 5.44. The topological polar surface area (TPSA) is 53.6 Å². The zero-order valence-corrected chi connectivity index (χ0v) is 9.57. The molecule has 0 aliphatic heterocycles. The van der Waals surface area contributed by atoms with Gasteiger partial charge in [-0.2, -0.15) is 5.10 Å². The molecule has 0 unspecified atom stereocenters. The summed E-state index contributed by atoms with van der Waals surface area (Å²) in [5, 5.41) is 10.5. The fourth-order valence-electron chi connectivity index (χ4n) is 1.53. The zero-order chi connectivity index (χ0) is 11.4. The molecule has 4 nitrogen and oxygen atoms in total. The van der Waals surface area contributed by atoms with Crippen LogP contribution in [-0.2, 0) is 6.54 Å². The predicted octanol–water partition coefficient (Wildman–Crippen LogP) is 1.97. The Morgan fingerprint density at radius 2 is 2.06 bits per heavy atom. The number of aromatic nitrogens is 3. The van der Waals surface area contributed by atoms with E-state index in [1.165, 1.54) is 5.56 Å². The molecule has 0 fully saturated rings. The van der Waals surface area contributed by atoms with Gasteiger partial charge in [-0.15, -0.1) is 0 Å². The standard InChI is InChI=1S/C12H16N4/c1-9(2)14-7-11-8-15-16-12(11)10-3-5-13-6-4-10/h3-6,8-9,14H,7H2,1-2H3,(H,15,16). The first-order valence-electron chi connectivity index (χ1n) is 5.43. The fourth-order valence-corrected chi connectivity index (χ4v) is 1.53. The number of hydrogen-bond acceptors (Lipinski definition) is 3. The van der Waals surface area contributed by atoms with E-state index in [0.29, 0.717) is 6.04 Å². The number of hydrogen-bond donors (Lipinski definition) is 2. The maximum atomic E-state index is 4.09. The smallest absolute Gasteiger partial charge is 0.0696 e. The van der Waals surface area contributed by atoms with Gasteiger partial charge in [0.2, 0.25) is 0 Å². The van der Waals surface area contributed by atoms with Gasteiger partial charge in [-0.1, -0.05) is 13.8 Å². The van der Waals surface area contributed by atoms with E-state index >= 15 is 0 Å². The van der Waals surface area contributed by atoms with E-state index < -0.39 is 0 Å². The average molecular weight is 216 g/mol. The van der Waals surface area contributed by atoms with Crippen LogP contribution in [0.15, 0.2) is 30.7 Å². The summed E-state index contributed by atoms with van der Waals surface area (Å²) < 4.78 is 0. The van der Waals surface area contributed by atoms with Crippen molar-refractivity contribution in [3.63, 3.8) is 0 Å². The van der Waals surface area contributed by atoms with E-state index in [1.54, 1.807) is 12.4 Å². The first-order valence-corrected chi connectivity index (χ1v) is 5.43. The van der Waals surface area contributed by atoms with Crippen molar-refractivity contribution in [3.8, 4) is 11.3 Å². The van der Waals surface area contributed by atoms with Crippen LogP contribution >= 0.6 is 0 Å². The third kappa shape index (κ3) is 2.46. The lowest BCUT2D eigenvalue weighted by molar-refractivity contribution is 0.589. The Balaban J connectivity index is 2.19. The Hall–Kier alpha value is -1.68. The molecule has 2 aromatic rings. The molecule has 0 atom stereocenters. The van der Waals surface area contributed by atoms with Gasteiger partial charge in [-0.25, -0.2) is 0 Å². The molecule has 0 saturated heterocycles. The van der Waals surface area contributed by atoms with E-state index in [9.17, 15) is 0 Å². The van der Waals surface area contributed by atoms with Crippen LogP contribution in [0.2, 0.25) is 0 Å². The van der Waals surface area contributed by atoms with Crippen molar-refractivity contribution in [2.45, 2.75) is 26.4 Å². The molecule has 4 heteroatoms. The predicted molar refractivity (Wildman–Crippen MR) is 63.8 cm³/mol. The molecule has 0 saturated carbocycles. The van der Waals surface area contributed by atoms with Crippen LogP contribution in [0, 0.1) is 0 Å². The van der Waals surface area contributed by atoms with E-state index in [-0.39, 0.29) is 0 Å². The van der Waals surface area contributed by atoms with Crippen molar-refractivity contribution in [3.05, 3.63) is 36.3 Å². The number of aromatic amines is 1. The second-order valence-corrected chi connectivity index (χ2v) is 4.04. The number of nitrogens with one attached hydrogen (secondary N) is 2. The largest absolute Gasteiger partial charge is 0.310 e. The minimum atomic E-state index is 0.472. The molecule has 0 spiro atoms. The monoisotopic (exact) mass is 216 g/mol. The third-order valence-corrected chi connectivity index (χ3v) is 2.39. The highest BCUT2D eigenvalue weighted by atomic mass is 15.1. The maximum Gasteiger partial charge on any atom is 0.0696 e. The Bertz CT molecular complexity index is 433. The first-order chi connectivity index (χ1) is 7.77. The minimum Gasteiger partial charge on any atom is -0.310 e. The van der Waals surface area contributed by atoms with Gasteiger partial charge in [0.15, 0.2) is 0 Å². The third-order valence-electron chi connectivity index (χ3n) is 2.39. The van der Waals surface area contributed by atoms with Gasteiger partial charge in [0, 0.05) is 36.1 Å². The molecule has 16 heavy (non-hydrogen) atoms. The molecular weight excluding hydrogens is 200 g/mol. The SMILES string of the molecule is CC(C)NCc1cn[nH]c1-c1ccncc1. The molecule has 0 radical (unpaired) electrons. The lowest BCUT2D eigenvalue weighted by atomic mass is 10.1.